The fourth-order valence-electron chi connectivity index (χ4n) is 3.47. The molecule has 0 amide bonds. The highest BCUT2D eigenvalue weighted by molar-refractivity contribution is 5.88. The lowest BCUT2D eigenvalue weighted by molar-refractivity contribution is 0.0686. The van der Waals surface area contributed by atoms with E-state index in [-0.39, 0.29) is 33.8 Å². The molecule has 0 fully saturated rings. The molecule has 1 heterocycles. The van der Waals surface area contributed by atoms with Crippen LogP contribution in [-0.4, -0.2) is 46.9 Å². The van der Waals surface area contributed by atoms with Gasteiger partial charge < -0.3 is 15.3 Å². The number of benzene rings is 3. The number of aromatic nitrogens is 3. The molecule has 0 aliphatic heterocycles. The van der Waals surface area contributed by atoms with Gasteiger partial charge in [-0.25, -0.2) is 42.5 Å². The van der Waals surface area contributed by atoms with Gasteiger partial charge in [0.1, 0.15) is 0 Å². The van der Waals surface area contributed by atoms with Gasteiger partial charge in [-0.3, -0.25) is 0 Å². The van der Waals surface area contributed by atoms with Crippen molar-refractivity contribution in [3.8, 4) is 17.1 Å². The monoisotopic (exact) mass is 489 g/mol. The summed E-state index contributed by atoms with van der Waals surface area (Å²) in [5, 5.41) is 27.4. The van der Waals surface area contributed by atoms with Crippen molar-refractivity contribution in [2.45, 2.75) is 0 Å². The third kappa shape index (κ3) is 4.09. The molecule has 0 saturated heterocycles. The Hall–Kier alpha value is -5.52. The average Bonchev–Trinajstić information content (AvgIpc) is 2.85. The number of aromatic carboxylic acids is 3. The fourth-order valence-corrected chi connectivity index (χ4v) is 3.47. The van der Waals surface area contributed by atoms with E-state index < -0.39 is 35.0 Å². The largest absolute Gasteiger partial charge is 0.478 e. The first-order valence-corrected chi connectivity index (χ1v) is 10.1. The minimum absolute atomic E-state index is 0.0400. The predicted molar refractivity (Wildman–Crippen MR) is 124 cm³/mol. The average molecular weight is 489 g/mol. The quantitative estimate of drug-likeness (QED) is 0.359. The van der Waals surface area contributed by atoms with Crippen LogP contribution in [0.4, 0.5) is 0 Å². The van der Waals surface area contributed by atoms with Crippen molar-refractivity contribution in [3.05, 3.63) is 121 Å². The van der Waals surface area contributed by atoms with E-state index in [0.717, 1.165) is 0 Å². The summed E-state index contributed by atoms with van der Waals surface area (Å²) in [6.45, 7) is 0. The van der Waals surface area contributed by atoms with Crippen LogP contribution < -0.4 is 17.1 Å². The summed E-state index contributed by atoms with van der Waals surface area (Å²) in [6, 6.07) is 14.3. The second kappa shape index (κ2) is 9.02. The number of carboxylic acids is 3. The van der Waals surface area contributed by atoms with E-state index in [4.69, 9.17) is 15.3 Å². The normalized spacial score (nSPS) is 10.7. The van der Waals surface area contributed by atoms with Gasteiger partial charge in [0.05, 0.1) is 33.8 Å². The molecule has 3 N–H and O–H groups in total. The third-order valence-corrected chi connectivity index (χ3v) is 5.27. The molecule has 3 aromatic carbocycles. The van der Waals surface area contributed by atoms with Crippen molar-refractivity contribution >= 4 is 17.9 Å². The first-order valence-electron chi connectivity index (χ1n) is 10.1. The zero-order valence-corrected chi connectivity index (χ0v) is 18.1. The second-order valence-corrected chi connectivity index (χ2v) is 7.41. The maximum atomic E-state index is 13.4. The molecule has 0 aliphatic carbocycles. The highest BCUT2D eigenvalue weighted by atomic mass is 16.4. The topological polar surface area (TPSA) is 178 Å². The van der Waals surface area contributed by atoms with Crippen molar-refractivity contribution in [2.75, 3.05) is 0 Å². The predicted octanol–water partition coefficient (Wildman–Crippen LogP) is 1.23. The fraction of sp³-hybridized carbons (Fsp3) is 0. The lowest BCUT2D eigenvalue weighted by Crippen LogP contribution is -2.52. The van der Waals surface area contributed by atoms with Crippen molar-refractivity contribution in [1.82, 2.24) is 13.7 Å². The maximum Gasteiger partial charge on any atom is 0.345 e. The highest BCUT2D eigenvalue weighted by Crippen LogP contribution is 2.11. The Kier molecular flexibility index (Phi) is 5.92. The first kappa shape index (κ1) is 23.6. The van der Waals surface area contributed by atoms with Crippen LogP contribution in [0.1, 0.15) is 31.1 Å². The third-order valence-electron chi connectivity index (χ3n) is 5.27. The molecule has 0 spiro atoms. The summed E-state index contributed by atoms with van der Waals surface area (Å²) < 4.78 is 1.93. The molecular formula is C24H15N3O9. The van der Waals surface area contributed by atoms with Crippen LogP contribution in [0.5, 0.6) is 0 Å². The number of hydrogen-bond acceptors (Lipinski definition) is 6. The van der Waals surface area contributed by atoms with Crippen LogP contribution >= 0.6 is 0 Å². The summed E-state index contributed by atoms with van der Waals surface area (Å²) in [5.74, 6) is -3.69. The number of carbonyl (C=O) groups is 3. The first-order chi connectivity index (χ1) is 17.1. The molecule has 0 bridgehead atoms. The van der Waals surface area contributed by atoms with Gasteiger partial charge in [-0.1, -0.05) is 0 Å². The molecule has 4 rings (SSSR count). The molecule has 0 unspecified atom stereocenters. The summed E-state index contributed by atoms with van der Waals surface area (Å²) in [5.41, 5.74) is -3.69. The van der Waals surface area contributed by atoms with Crippen LogP contribution in [0.3, 0.4) is 0 Å². The van der Waals surface area contributed by atoms with Gasteiger partial charge >= 0.3 is 35.0 Å². The molecule has 1 aromatic heterocycles. The molecule has 0 radical (unpaired) electrons. The van der Waals surface area contributed by atoms with Crippen molar-refractivity contribution in [3.63, 3.8) is 0 Å². The van der Waals surface area contributed by atoms with E-state index in [9.17, 15) is 28.8 Å². The number of rotatable bonds is 6. The summed E-state index contributed by atoms with van der Waals surface area (Å²) in [7, 11) is 0. The van der Waals surface area contributed by atoms with E-state index in [0.29, 0.717) is 13.7 Å². The molecular weight excluding hydrogens is 474 g/mol. The van der Waals surface area contributed by atoms with Crippen LogP contribution in [0.2, 0.25) is 0 Å². The van der Waals surface area contributed by atoms with E-state index in [1.807, 2.05) is 0 Å². The zero-order valence-electron chi connectivity index (χ0n) is 18.1. The Balaban J connectivity index is 2.05. The van der Waals surface area contributed by atoms with Crippen molar-refractivity contribution in [1.29, 1.82) is 0 Å². The van der Waals surface area contributed by atoms with E-state index in [2.05, 4.69) is 0 Å². The van der Waals surface area contributed by atoms with Gasteiger partial charge in [-0.15, -0.1) is 0 Å². The Morgan fingerprint density at radius 1 is 0.417 bits per heavy atom. The van der Waals surface area contributed by atoms with Gasteiger partial charge in [-0.05, 0) is 72.8 Å². The Morgan fingerprint density at radius 2 is 0.611 bits per heavy atom. The molecule has 4 aromatic rings. The van der Waals surface area contributed by atoms with Gasteiger partial charge in [0, 0.05) is 0 Å². The summed E-state index contributed by atoms with van der Waals surface area (Å²) in [6.07, 6.45) is 0. The second-order valence-electron chi connectivity index (χ2n) is 7.41. The lowest BCUT2D eigenvalue weighted by Gasteiger charge is -2.14. The molecule has 0 aliphatic rings. The summed E-state index contributed by atoms with van der Waals surface area (Å²) in [4.78, 5) is 73.7. The van der Waals surface area contributed by atoms with Crippen molar-refractivity contribution in [2.24, 2.45) is 0 Å². The van der Waals surface area contributed by atoms with Gasteiger partial charge in [0.2, 0.25) is 0 Å². The Bertz CT molecular complexity index is 1460. The number of hydrogen-bond donors (Lipinski definition) is 3. The summed E-state index contributed by atoms with van der Waals surface area (Å²) >= 11 is 0. The Labute approximate surface area is 199 Å². The minimum atomic E-state index is -1.23. The number of nitrogens with zero attached hydrogens (tertiary/aromatic N) is 3. The SMILES string of the molecule is O=C(O)c1ccc(-n2c(=O)n(-c3ccc(C(=O)O)cc3)c(=O)n(-c3ccc(C(=O)O)cc3)c2=O)cc1. The van der Waals surface area contributed by atoms with Crippen LogP contribution in [0.25, 0.3) is 17.1 Å². The van der Waals surface area contributed by atoms with E-state index >= 15 is 0 Å². The molecule has 180 valence electrons. The Morgan fingerprint density at radius 3 is 0.778 bits per heavy atom. The van der Waals surface area contributed by atoms with E-state index in [1.54, 1.807) is 0 Å². The smallest absolute Gasteiger partial charge is 0.345 e. The molecule has 36 heavy (non-hydrogen) atoms. The molecule has 0 saturated carbocycles. The van der Waals surface area contributed by atoms with Gasteiger partial charge in [0.25, 0.3) is 0 Å². The lowest BCUT2D eigenvalue weighted by atomic mass is 10.2. The zero-order chi connectivity index (χ0) is 26.1. The molecule has 0 atom stereocenters. The van der Waals surface area contributed by atoms with Crippen LogP contribution in [0.15, 0.2) is 87.2 Å². The number of carboxylic acid groups (broad SMARTS) is 3. The van der Waals surface area contributed by atoms with E-state index in [1.165, 1.54) is 72.8 Å². The standard InChI is InChI=1S/C24H15N3O9/c28-19(29)13-1-7-16(8-2-13)25-22(34)26(17-9-3-14(4-10-17)20(30)31)24(36)27(23(25)35)18-11-5-15(6-12-18)21(32)33/h1-12H,(H,28,29)(H,30,31)(H,32,33). The van der Waals surface area contributed by atoms with Crippen LogP contribution in [0, 0.1) is 0 Å². The highest BCUT2D eigenvalue weighted by Gasteiger charge is 2.20. The molecule has 12 heteroatoms. The van der Waals surface area contributed by atoms with Crippen LogP contribution in [-0.2, 0) is 0 Å². The van der Waals surface area contributed by atoms with Gasteiger partial charge in [0.15, 0.2) is 0 Å². The minimum Gasteiger partial charge on any atom is -0.478 e. The van der Waals surface area contributed by atoms with Crippen molar-refractivity contribution < 1.29 is 29.7 Å². The maximum absolute atomic E-state index is 13.4. The molecule has 12 nitrogen and oxygen atoms in total. The van der Waals surface area contributed by atoms with Gasteiger partial charge in [-0.2, -0.15) is 0 Å².